The second kappa shape index (κ2) is 10.5. The Morgan fingerprint density at radius 3 is 2.65 bits per heavy atom. The Morgan fingerprint density at radius 1 is 1.16 bits per heavy atom. The fourth-order valence-corrected chi connectivity index (χ4v) is 4.75. The van der Waals surface area contributed by atoms with Gasteiger partial charge in [0.1, 0.15) is 17.0 Å². The highest BCUT2D eigenvalue weighted by molar-refractivity contribution is 6.30. The van der Waals surface area contributed by atoms with Crippen molar-refractivity contribution >= 4 is 33.9 Å². The van der Waals surface area contributed by atoms with Gasteiger partial charge in [-0.25, -0.2) is 15.0 Å². The lowest BCUT2D eigenvalue weighted by Gasteiger charge is -2.28. The summed E-state index contributed by atoms with van der Waals surface area (Å²) in [5.74, 6) is 0.632. The molecular formula is C27H26ClN7O2. The molecule has 4 heterocycles. The average molecular weight is 516 g/mol. The van der Waals surface area contributed by atoms with Crippen molar-refractivity contribution in [1.82, 2.24) is 19.5 Å². The molecular weight excluding hydrogens is 490 g/mol. The summed E-state index contributed by atoms with van der Waals surface area (Å²) in [5.41, 5.74) is 4.48. The zero-order valence-corrected chi connectivity index (χ0v) is 21.4. The molecule has 1 aliphatic rings. The van der Waals surface area contributed by atoms with Crippen molar-refractivity contribution in [2.45, 2.75) is 19.4 Å². The van der Waals surface area contributed by atoms with Gasteiger partial charge >= 0.3 is 0 Å². The second-order valence-electron chi connectivity index (χ2n) is 9.00. The number of anilines is 2. The van der Waals surface area contributed by atoms with Gasteiger partial charge in [-0.2, -0.15) is 5.26 Å². The Labute approximate surface area is 219 Å². The molecule has 1 N–H and O–H groups in total. The average Bonchev–Trinajstić information content (AvgIpc) is 2.92. The Kier molecular flexibility index (Phi) is 7.04. The van der Waals surface area contributed by atoms with E-state index in [1.807, 2.05) is 37.5 Å². The molecule has 1 aromatic carbocycles. The van der Waals surface area contributed by atoms with Gasteiger partial charge in [-0.1, -0.05) is 17.7 Å². The van der Waals surface area contributed by atoms with Crippen LogP contribution in [-0.4, -0.2) is 45.8 Å². The number of rotatable bonds is 6. The van der Waals surface area contributed by atoms with Crippen LogP contribution in [0.3, 0.4) is 0 Å². The van der Waals surface area contributed by atoms with Gasteiger partial charge in [-0.3, -0.25) is 4.79 Å². The van der Waals surface area contributed by atoms with Gasteiger partial charge < -0.3 is 19.5 Å². The molecule has 5 rings (SSSR count). The molecule has 1 fully saturated rings. The summed E-state index contributed by atoms with van der Waals surface area (Å²) in [4.78, 5) is 28.1. The van der Waals surface area contributed by atoms with Crippen molar-refractivity contribution in [3.05, 3.63) is 86.9 Å². The maximum Gasteiger partial charge on any atom is 0.252 e. The second-order valence-corrected chi connectivity index (χ2v) is 9.35. The Balaban J connectivity index is 1.44. The maximum absolute atomic E-state index is 12.7. The number of benzene rings is 1. The molecule has 0 aliphatic carbocycles. The summed E-state index contributed by atoms with van der Waals surface area (Å²) in [5, 5.41) is 14.0. The highest BCUT2D eigenvalue weighted by Gasteiger charge is 2.16. The van der Waals surface area contributed by atoms with E-state index in [-0.39, 0.29) is 16.8 Å². The number of aryl methyl sites for hydroxylation is 1. The lowest BCUT2D eigenvalue weighted by molar-refractivity contribution is 0.122. The molecule has 37 heavy (non-hydrogen) atoms. The van der Waals surface area contributed by atoms with E-state index in [0.29, 0.717) is 36.7 Å². The number of pyridine rings is 2. The van der Waals surface area contributed by atoms with E-state index in [2.05, 4.69) is 31.2 Å². The first-order chi connectivity index (χ1) is 17.9. The van der Waals surface area contributed by atoms with Crippen molar-refractivity contribution in [3.63, 3.8) is 0 Å². The van der Waals surface area contributed by atoms with Gasteiger partial charge in [0, 0.05) is 43.5 Å². The Bertz CT molecular complexity index is 1540. The number of hydrogen-bond donors (Lipinski definition) is 1. The quantitative estimate of drug-likeness (QED) is 0.386. The number of aromatic nitrogens is 4. The van der Waals surface area contributed by atoms with E-state index in [1.165, 1.54) is 0 Å². The van der Waals surface area contributed by atoms with Crippen LogP contribution in [0.2, 0.25) is 5.15 Å². The molecule has 1 unspecified atom stereocenters. The topological polar surface area (TPSA) is 109 Å². The summed E-state index contributed by atoms with van der Waals surface area (Å²) in [6, 6.07) is 11.2. The zero-order chi connectivity index (χ0) is 25.9. The number of ether oxygens (including phenoxy) is 1. The number of hydrogen-bond acceptors (Lipinski definition) is 8. The Hall–Kier alpha value is -4.00. The SMILES string of the molecule is CC(Nc1cc(=O)n(C)c2ccc(Cc3ccnc(Cl)c3C#N)cc12)c1ncc(N2CCOCC2)cn1. The van der Waals surface area contributed by atoms with Crippen LogP contribution in [0.1, 0.15) is 35.5 Å². The summed E-state index contributed by atoms with van der Waals surface area (Å²) in [6.07, 6.45) is 5.77. The number of morpholine rings is 1. The van der Waals surface area contributed by atoms with Gasteiger partial charge in [0.25, 0.3) is 5.56 Å². The van der Waals surface area contributed by atoms with E-state index < -0.39 is 0 Å². The van der Waals surface area contributed by atoms with Crippen LogP contribution < -0.4 is 15.8 Å². The number of nitriles is 1. The zero-order valence-electron chi connectivity index (χ0n) is 20.6. The molecule has 0 bridgehead atoms. The minimum Gasteiger partial charge on any atom is -0.378 e. The molecule has 0 radical (unpaired) electrons. The standard InChI is InChI=1S/C27H26ClN7O2/c1-17(27-31-15-20(16-32-27)35-7-9-37-10-8-35)33-23-13-25(36)34(2)24-4-3-18(12-21(23)24)11-19-5-6-30-26(28)22(19)14-29/h3-6,12-13,15-17,33H,7-11H2,1-2H3. The molecule has 0 amide bonds. The molecule has 4 aromatic rings. The minimum absolute atomic E-state index is 0.119. The first-order valence-electron chi connectivity index (χ1n) is 12.0. The van der Waals surface area contributed by atoms with Gasteiger partial charge in [0.15, 0.2) is 0 Å². The molecule has 188 valence electrons. The van der Waals surface area contributed by atoms with Gasteiger partial charge in [0.05, 0.1) is 48.4 Å². The van der Waals surface area contributed by atoms with Crippen LogP contribution in [0.25, 0.3) is 10.9 Å². The maximum atomic E-state index is 12.7. The molecule has 0 spiro atoms. The fraction of sp³-hybridized carbons (Fsp3) is 0.296. The van der Waals surface area contributed by atoms with E-state index in [0.717, 1.165) is 40.8 Å². The van der Waals surface area contributed by atoms with Gasteiger partial charge in [0.2, 0.25) is 0 Å². The molecule has 10 heteroatoms. The lowest BCUT2D eigenvalue weighted by atomic mass is 10.00. The van der Waals surface area contributed by atoms with Crippen LogP contribution in [0.4, 0.5) is 11.4 Å². The third-order valence-corrected chi connectivity index (χ3v) is 6.89. The lowest BCUT2D eigenvalue weighted by Crippen LogP contribution is -2.36. The highest BCUT2D eigenvalue weighted by atomic mass is 35.5. The summed E-state index contributed by atoms with van der Waals surface area (Å²) >= 11 is 6.12. The highest BCUT2D eigenvalue weighted by Crippen LogP contribution is 2.28. The van der Waals surface area contributed by atoms with Crippen molar-refractivity contribution < 1.29 is 4.74 Å². The van der Waals surface area contributed by atoms with Crippen LogP contribution in [0.5, 0.6) is 0 Å². The molecule has 9 nitrogen and oxygen atoms in total. The van der Waals surface area contributed by atoms with Crippen LogP contribution in [-0.2, 0) is 18.2 Å². The number of halogens is 1. The number of nitrogens with zero attached hydrogens (tertiary/aromatic N) is 6. The van der Waals surface area contributed by atoms with Crippen LogP contribution in [0, 0.1) is 11.3 Å². The van der Waals surface area contributed by atoms with E-state index in [9.17, 15) is 10.1 Å². The molecule has 3 aromatic heterocycles. The normalized spacial score (nSPS) is 14.4. The smallest absolute Gasteiger partial charge is 0.252 e. The van der Waals surface area contributed by atoms with Crippen molar-refractivity contribution in [3.8, 4) is 6.07 Å². The van der Waals surface area contributed by atoms with Crippen molar-refractivity contribution in [1.29, 1.82) is 5.26 Å². The summed E-state index contributed by atoms with van der Waals surface area (Å²) in [6.45, 7) is 5.00. The predicted octanol–water partition coefficient (Wildman–Crippen LogP) is 3.85. The Morgan fingerprint density at radius 2 is 1.92 bits per heavy atom. The van der Waals surface area contributed by atoms with E-state index in [4.69, 9.17) is 16.3 Å². The molecule has 0 saturated carbocycles. The first-order valence-corrected chi connectivity index (χ1v) is 12.4. The largest absolute Gasteiger partial charge is 0.378 e. The summed E-state index contributed by atoms with van der Waals surface area (Å²) in [7, 11) is 1.75. The molecule has 1 saturated heterocycles. The molecule has 1 aliphatic heterocycles. The third kappa shape index (κ3) is 5.12. The predicted molar refractivity (Wildman–Crippen MR) is 143 cm³/mol. The summed E-state index contributed by atoms with van der Waals surface area (Å²) < 4.78 is 7.04. The van der Waals surface area contributed by atoms with Crippen molar-refractivity contribution in [2.24, 2.45) is 7.05 Å². The molecule has 1 atom stereocenters. The third-order valence-electron chi connectivity index (χ3n) is 6.60. The van der Waals surface area contributed by atoms with E-state index in [1.54, 1.807) is 29.9 Å². The van der Waals surface area contributed by atoms with Gasteiger partial charge in [-0.05, 0) is 42.7 Å². The monoisotopic (exact) mass is 515 g/mol. The van der Waals surface area contributed by atoms with Crippen molar-refractivity contribution in [2.75, 3.05) is 36.5 Å². The fourth-order valence-electron chi connectivity index (χ4n) is 4.53. The van der Waals surface area contributed by atoms with Crippen LogP contribution in [0.15, 0.2) is 53.7 Å². The first kappa shape index (κ1) is 24.7. The van der Waals surface area contributed by atoms with Crippen LogP contribution >= 0.6 is 11.6 Å². The van der Waals surface area contributed by atoms with Gasteiger partial charge in [-0.15, -0.1) is 0 Å². The number of nitrogens with one attached hydrogen (secondary N) is 1. The number of fused-ring (bicyclic) bond motifs is 1. The minimum atomic E-state index is -0.234. The van der Waals surface area contributed by atoms with E-state index >= 15 is 0 Å².